The third kappa shape index (κ3) is 2.18. The Bertz CT molecular complexity index is 331. The Hall–Kier alpha value is -1.35. The average molecular weight is 205 g/mol. The zero-order chi connectivity index (χ0) is 10.7. The maximum atomic E-state index is 11.5. The molecule has 0 amide bonds. The monoisotopic (exact) mass is 205 g/mol. The predicted molar refractivity (Wildman–Crippen MR) is 58.3 cm³/mol. The molecule has 1 fully saturated rings. The summed E-state index contributed by atoms with van der Waals surface area (Å²) < 4.78 is 4.97. The fourth-order valence-corrected chi connectivity index (χ4v) is 1.98. The number of nitrogens with one attached hydrogen (secondary N) is 1. The van der Waals surface area contributed by atoms with Crippen LogP contribution in [0, 0.1) is 5.92 Å². The van der Waals surface area contributed by atoms with E-state index in [4.69, 9.17) is 4.74 Å². The summed E-state index contributed by atoms with van der Waals surface area (Å²) in [6, 6.07) is 0.307. The molecule has 2 rings (SSSR count). The first kappa shape index (κ1) is 10.2. The lowest BCUT2D eigenvalue weighted by molar-refractivity contribution is -0.137. The number of hydrogen-bond acceptors (Lipinski definition) is 3. The van der Waals surface area contributed by atoms with Gasteiger partial charge in [0.15, 0.2) is 0 Å². The fraction of sp³-hybridized carbons (Fsp3) is 0.417. The molecular weight excluding hydrogens is 190 g/mol. The van der Waals surface area contributed by atoms with Crippen molar-refractivity contribution in [1.29, 1.82) is 0 Å². The van der Waals surface area contributed by atoms with Crippen LogP contribution >= 0.6 is 0 Å². The number of esters is 1. The fourth-order valence-electron chi connectivity index (χ4n) is 1.98. The Balaban J connectivity index is 2.01. The molecule has 0 bridgehead atoms. The zero-order valence-electron chi connectivity index (χ0n) is 8.61. The summed E-state index contributed by atoms with van der Waals surface area (Å²) in [5.41, 5.74) is 0.646. The molecule has 15 heavy (non-hydrogen) atoms. The molecule has 80 valence electrons. The van der Waals surface area contributed by atoms with Crippen molar-refractivity contribution < 1.29 is 9.53 Å². The summed E-state index contributed by atoms with van der Waals surface area (Å²) in [6.45, 7) is 4.79. The van der Waals surface area contributed by atoms with Crippen LogP contribution in [0.5, 0.6) is 0 Å². The van der Waals surface area contributed by atoms with Gasteiger partial charge in [-0.15, -0.1) is 0 Å². The van der Waals surface area contributed by atoms with Crippen molar-refractivity contribution in [2.24, 2.45) is 5.92 Å². The van der Waals surface area contributed by atoms with Gasteiger partial charge in [-0.2, -0.15) is 0 Å². The third-order valence-electron chi connectivity index (χ3n) is 2.77. The highest BCUT2D eigenvalue weighted by atomic mass is 16.5. The molecule has 0 radical (unpaired) electrons. The van der Waals surface area contributed by atoms with Gasteiger partial charge in [-0.1, -0.05) is 30.9 Å². The summed E-state index contributed by atoms with van der Waals surface area (Å²) in [7, 11) is 0. The van der Waals surface area contributed by atoms with Crippen LogP contribution in [0.3, 0.4) is 0 Å². The van der Waals surface area contributed by atoms with E-state index in [-0.39, 0.29) is 12.6 Å². The van der Waals surface area contributed by atoms with Crippen molar-refractivity contribution in [3.8, 4) is 0 Å². The lowest BCUT2D eigenvalue weighted by atomic mass is 9.93. The van der Waals surface area contributed by atoms with Gasteiger partial charge in [0.1, 0.15) is 6.61 Å². The molecule has 3 heteroatoms. The molecule has 0 aromatic carbocycles. The second-order valence-corrected chi connectivity index (χ2v) is 3.80. The highest BCUT2D eigenvalue weighted by Gasteiger charge is 2.27. The topological polar surface area (TPSA) is 38.3 Å². The molecule has 0 spiro atoms. The summed E-state index contributed by atoms with van der Waals surface area (Å²) in [5.74, 6) is 0.277. The number of carbonyl (C=O) groups excluding carboxylic acids is 1. The molecule has 1 saturated heterocycles. The van der Waals surface area contributed by atoms with Crippen molar-refractivity contribution in [3.63, 3.8) is 0 Å². The van der Waals surface area contributed by atoms with E-state index in [0.29, 0.717) is 17.5 Å². The van der Waals surface area contributed by atoms with Gasteiger partial charge in [0, 0.05) is 6.04 Å². The number of carbonyl (C=O) groups is 1. The van der Waals surface area contributed by atoms with Crippen LogP contribution in [0.4, 0.5) is 0 Å². The maximum Gasteiger partial charge on any atom is 0.338 e. The smallest absolute Gasteiger partial charge is 0.338 e. The van der Waals surface area contributed by atoms with E-state index in [1.807, 2.05) is 12.2 Å². The minimum absolute atomic E-state index is 0.265. The van der Waals surface area contributed by atoms with Crippen LogP contribution in [0.1, 0.15) is 6.42 Å². The predicted octanol–water partition coefficient (Wildman–Crippen LogP) is 1.19. The van der Waals surface area contributed by atoms with Crippen LogP contribution in [-0.4, -0.2) is 25.2 Å². The van der Waals surface area contributed by atoms with E-state index < -0.39 is 0 Å². The Morgan fingerprint density at radius 3 is 3.40 bits per heavy atom. The van der Waals surface area contributed by atoms with Crippen LogP contribution in [0.2, 0.25) is 0 Å². The van der Waals surface area contributed by atoms with E-state index in [1.165, 1.54) is 0 Å². The van der Waals surface area contributed by atoms with Gasteiger partial charge >= 0.3 is 5.97 Å². The normalized spacial score (nSPS) is 28.1. The van der Waals surface area contributed by atoms with E-state index in [0.717, 1.165) is 13.0 Å². The second-order valence-electron chi connectivity index (χ2n) is 3.80. The minimum atomic E-state index is -0.265. The van der Waals surface area contributed by atoms with Gasteiger partial charge in [0.2, 0.25) is 0 Å². The van der Waals surface area contributed by atoms with Gasteiger partial charge in [-0.3, -0.25) is 0 Å². The van der Waals surface area contributed by atoms with Crippen LogP contribution in [-0.2, 0) is 9.53 Å². The lowest BCUT2D eigenvalue weighted by Crippen LogP contribution is -2.27. The Kier molecular flexibility index (Phi) is 3.02. The minimum Gasteiger partial charge on any atom is -0.458 e. The molecule has 1 heterocycles. The van der Waals surface area contributed by atoms with Crippen LogP contribution in [0.15, 0.2) is 36.5 Å². The molecule has 0 saturated carbocycles. The van der Waals surface area contributed by atoms with Crippen molar-refractivity contribution in [2.45, 2.75) is 12.5 Å². The average Bonchev–Trinajstić information content (AvgIpc) is 2.72. The highest BCUT2D eigenvalue weighted by Crippen LogP contribution is 2.24. The molecule has 1 aliphatic heterocycles. The molecule has 2 unspecified atom stereocenters. The largest absolute Gasteiger partial charge is 0.458 e. The first-order valence-corrected chi connectivity index (χ1v) is 5.22. The van der Waals surface area contributed by atoms with Crippen LogP contribution in [0.25, 0.3) is 0 Å². The quantitative estimate of drug-likeness (QED) is 0.555. The summed E-state index contributed by atoms with van der Waals surface area (Å²) >= 11 is 0. The molecular formula is C12H15NO2. The maximum absolute atomic E-state index is 11.5. The zero-order valence-corrected chi connectivity index (χ0v) is 8.61. The first-order valence-electron chi connectivity index (χ1n) is 5.22. The first-order chi connectivity index (χ1) is 7.31. The van der Waals surface area contributed by atoms with Crippen LogP contribution < -0.4 is 5.32 Å². The molecule has 1 N–H and O–H groups in total. The summed E-state index contributed by atoms with van der Waals surface area (Å²) in [6.07, 6.45) is 8.63. The Morgan fingerprint density at radius 1 is 1.73 bits per heavy atom. The van der Waals surface area contributed by atoms with E-state index in [9.17, 15) is 4.79 Å². The number of ether oxygens (including phenoxy) is 1. The van der Waals surface area contributed by atoms with Gasteiger partial charge in [-0.25, -0.2) is 4.79 Å². The third-order valence-corrected chi connectivity index (χ3v) is 2.77. The molecule has 3 nitrogen and oxygen atoms in total. The van der Waals surface area contributed by atoms with Gasteiger partial charge in [-0.05, 0) is 18.9 Å². The highest BCUT2D eigenvalue weighted by molar-refractivity contribution is 5.92. The van der Waals surface area contributed by atoms with Gasteiger partial charge in [0.05, 0.1) is 5.57 Å². The number of fused-ring (bicyclic) bond motifs is 1. The Labute approximate surface area is 89.5 Å². The molecule has 2 atom stereocenters. The van der Waals surface area contributed by atoms with Crippen molar-refractivity contribution in [2.75, 3.05) is 13.2 Å². The summed E-state index contributed by atoms with van der Waals surface area (Å²) in [5, 5.41) is 3.34. The Morgan fingerprint density at radius 2 is 2.60 bits per heavy atom. The van der Waals surface area contributed by atoms with Gasteiger partial charge in [0.25, 0.3) is 0 Å². The second kappa shape index (κ2) is 4.45. The number of rotatable bonds is 3. The lowest BCUT2D eigenvalue weighted by Gasteiger charge is -2.17. The van der Waals surface area contributed by atoms with Crippen molar-refractivity contribution >= 4 is 5.97 Å². The van der Waals surface area contributed by atoms with Gasteiger partial charge < -0.3 is 10.1 Å². The SMILES string of the molecule is C=CCOC(=O)C1=CC2NCCC2C=C1. The molecule has 1 aliphatic carbocycles. The van der Waals surface area contributed by atoms with E-state index in [1.54, 1.807) is 6.08 Å². The molecule has 2 aliphatic rings. The van der Waals surface area contributed by atoms with Crippen molar-refractivity contribution in [1.82, 2.24) is 5.32 Å². The van der Waals surface area contributed by atoms with E-state index in [2.05, 4.69) is 18.0 Å². The standard InChI is InChI=1S/C12H15NO2/c1-2-7-15-12(14)10-4-3-9-5-6-13-11(9)8-10/h2-4,8-9,11,13H,1,5-7H2. The van der Waals surface area contributed by atoms with Crippen molar-refractivity contribution in [3.05, 3.63) is 36.5 Å². The summed E-state index contributed by atoms with van der Waals surface area (Å²) in [4.78, 5) is 11.5. The number of hydrogen-bond donors (Lipinski definition) is 1. The molecule has 0 aromatic heterocycles. The van der Waals surface area contributed by atoms with E-state index >= 15 is 0 Å². The molecule has 0 aromatic rings.